The number of amides is 1. The lowest BCUT2D eigenvalue weighted by molar-refractivity contribution is -0.118. The van der Waals surface area contributed by atoms with E-state index in [0.717, 1.165) is 42.9 Å². The highest BCUT2D eigenvalue weighted by Crippen LogP contribution is 2.43. The SMILES string of the molecule is Cc1ccc(-n2cnnc2SCC(=O)NCC2(c3ccc4c(c3)OCCO4)CCCC2)cc1C. The third-order valence-electron chi connectivity index (χ3n) is 6.96. The second kappa shape index (κ2) is 9.70. The number of thioether (sulfide) groups is 1. The summed E-state index contributed by atoms with van der Waals surface area (Å²) in [6, 6.07) is 12.5. The Labute approximate surface area is 204 Å². The van der Waals surface area contributed by atoms with Crippen LogP contribution in [0.15, 0.2) is 47.9 Å². The van der Waals surface area contributed by atoms with Crippen LogP contribution in [0.2, 0.25) is 0 Å². The van der Waals surface area contributed by atoms with Gasteiger partial charge in [0.25, 0.3) is 0 Å². The van der Waals surface area contributed by atoms with Gasteiger partial charge in [-0.2, -0.15) is 0 Å². The maximum absolute atomic E-state index is 12.8. The maximum Gasteiger partial charge on any atom is 0.230 e. The van der Waals surface area contributed by atoms with Crippen molar-refractivity contribution in [3.63, 3.8) is 0 Å². The highest BCUT2D eigenvalue weighted by atomic mass is 32.2. The molecule has 2 aromatic carbocycles. The lowest BCUT2D eigenvalue weighted by atomic mass is 9.78. The zero-order valence-electron chi connectivity index (χ0n) is 19.7. The molecule has 1 N–H and O–H groups in total. The number of fused-ring (bicyclic) bond motifs is 1. The van der Waals surface area contributed by atoms with Crippen LogP contribution in [0, 0.1) is 13.8 Å². The molecule has 0 bridgehead atoms. The summed E-state index contributed by atoms with van der Waals surface area (Å²) in [6.07, 6.45) is 6.14. The molecule has 0 radical (unpaired) electrons. The monoisotopic (exact) mass is 478 g/mol. The van der Waals surface area contributed by atoms with E-state index in [2.05, 4.69) is 53.6 Å². The lowest BCUT2D eigenvalue weighted by Gasteiger charge is -2.31. The molecular formula is C26H30N4O3S. The number of rotatable bonds is 7. The van der Waals surface area contributed by atoms with E-state index in [4.69, 9.17) is 9.47 Å². The molecule has 1 saturated carbocycles. The molecular weight excluding hydrogens is 448 g/mol. The first kappa shape index (κ1) is 22.8. The summed E-state index contributed by atoms with van der Waals surface area (Å²) in [7, 11) is 0. The van der Waals surface area contributed by atoms with Gasteiger partial charge in [0.15, 0.2) is 16.7 Å². The first-order chi connectivity index (χ1) is 16.5. The Balaban J connectivity index is 1.23. The summed E-state index contributed by atoms with van der Waals surface area (Å²) in [5, 5.41) is 12.2. The Bertz CT molecular complexity index is 1190. The Morgan fingerprint density at radius 2 is 1.85 bits per heavy atom. The van der Waals surface area contributed by atoms with Crippen molar-refractivity contribution in [3.05, 3.63) is 59.4 Å². The molecule has 1 amide bonds. The normalized spacial score (nSPS) is 16.4. The smallest absolute Gasteiger partial charge is 0.230 e. The predicted molar refractivity (Wildman–Crippen MR) is 132 cm³/mol. The van der Waals surface area contributed by atoms with Gasteiger partial charge in [-0.05, 0) is 67.6 Å². The number of nitrogens with one attached hydrogen (secondary N) is 1. The molecule has 1 aliphatic carbocycles. The molecule has 2 heterocycles. The van der Waals surface area contributed by atoms with E-state index in [-0.39, 0.29) is 11.3 Å². The van der Waals surface area contributed by atoms with Gasteiger partial charge in [0.1, 0.15) is 19.5 Å². The maximum atomic E-state index is 12.8. The second-order valence-electron chi connectivity index (χ2n) is 9.16. The topological polar surface area (TPSA) is 78.3 Å². The molecule has 34 heavy (non-hydrogen) atoms. The summed E-state index contributed by atoms with van der Waals surface area (Å²) in [4.78, 5) is 12.8. The van der Waals surface area contributed by atoms with Gasteiger partial charge in [-0.3, -0.25) is 9.36 Å². The quantitative estimate of drug-likeness (QED) is 0.508. The van der Waals surface area contributed by atoms with Crippen LogP contribution in [0.1, 0.15) is 42.4 Å². The molecule has 3 aromatic rings. The number of aromatic nitrogens is 3. The average molecular weight is 479 g/mol. The molecule has 0 spiro atoms. The van der Waals surface area contributed by atoms with E-state index in [1.165, 1.54) is 28.5 Å². The highest BCUT2D eigenvalue weighted by Gasteiger charge is 2.36. The van der Waals surface area contributed by atoms with E-state index in [1.807, 2.05) is 16.7 Å². The van der Waals surface area contributed by atoms with Crippen LogP contribution in [-0.2, 0) is 10.2 Å². The summed E-state index contributed by atoms with van der Waals surface area (Å²) in [5.41, 5.74) is 4.61. The molecule has 8 heteroatoms. The average Bonchev–Trinajstić information content (AvgIpc) is 3.53. The number of ether oxygens (including phenoxy) is 2. The molecule has 7 nitrogen and oxygen atoms in total. The number of hydrogen-bond donors (Lipinski definition) is 1. The van der Waals surface area contributed by atoms with Crippen LogP contribution >= 0.6 is 11.8 Å². The summed E-state index contributed by atoms with van der Waals surface area (Å²) >= 11 is 1.40. The van der Waals surface area contributed by atoms with Crippen molar-refractivity contribution in [2.45, 2.75) is 50.1 Å². The van der Waals surface area contributed by atoms with Gasteiger partial charge in [0.05, 0.1) is 5.75 Å². The Hall–Kier alpha value is -3.00. The summed E-state index contributed by atoms with van der Waals surface area (Å²) < 4.78 is 13.4. The number of carbonyl (C=O) groups excluding carboxylic acids is 1. The number of hydrogen-bond acceptors (Lipinski definition) is 6. The third-order valence-corrected chi connectivity index (χ3v) is 7.90. The largest absolute Gasteiger partial charge is 0.486 e. The zero-order valence-corrected chi connectivity index (χ0v) is 20.5. The molecule has 1 aliphatic heterocycles. The molecule has 0 unspecified atom stereocenters. The molecule has 1 fully saturated rings. The number of nitrogens with zero attached hydrogens (tertiary/aromatic N) is 3. The number of benzene rings is 2. The predicted octanol–water partition coefficient (Wildman–Crippen LogP) is 4.38. The number of carbonyl (C=O) groups is 1. The Kier molecular flexibility index (Phi) is 6.50. The van der Waals surface area contributed by atoms with Crippen LogP contribution in [-0.4, -0.2) is 46.2 Å². The fourth-order valence-corrected chi connectivity index (χ4v) is 5.58. The minimum atomic E-state index is -0.0599. The van der Waals surface area contributed by atoms with Crippen molar-refractivity contribution in [1.29, 1.82) is 0 Å². The molecule has 2 aliphatic rings. The summed E-state index contributed by atoms with van der Waals surface area (Å²) in [6.45, 7) is 5.96. The Morgan fingerprint density at radius 3 is 2.65 bits per heavy atom. The molecule has 178 valence electrons. The standard InChI is InChI=1S/C26H30N4O3S/c1-18-5-7-21(13-19(18)2)30-17-28-29-25(30)34-15-24(31)27-16-26(9-3-4-10-26)20-6-8-22-23(14-20)33-12-11-32-22/h5-8,13-14,17H,3-4,9-12,15-16H2,1-2H3,(H,27,31). The minimum Gasteiger partial charge on any atom is -0.486 e. The van der Waals surface area contributed by atoms with Crippen LogP contribution in [0.5, 0.6) is 11.5 Å². The van der Waals surface area contributed by atoms with Gasteiger partial charge in [0.2, 0.25) is 5.91 Å². The fourth-order valence-electron chi connectivity index (χ4n) is 4.82. The molecule has 0 atom stereocenters. The molecule has 5 rings (SSSR count). The Morgan fingerprint density at radius 1 is 1.06 bits per heavy atom. The second-order valence-corrected chi connectivity index (χ2v) is 10.1. The van der Waals surface area contributed by atoms with Crippen molar-refractivity contribution in [3.8, 4) is 17.2 Å². The van der Waals surface area contributed by atoms with Crippen molar-refractivity contribution in [2.24, 2.45) is 0 Å². The van der Waals surface area contributed by atoms with E-state index in [1.54, 1.807) is 6.33 Å². The molecule has 0 saturated heterocycles. The van der Waals surface area contributed by atoms with Gasteiger partial charge in [-0.1, -0.05) is 36.7 Å². The highest BCUT2D eigenvalue weighted by molar-refractivity contribution is 7.99. The van der Waals surface area contributed by atoms with Crippen LogP contribution in [0.3, 0.4) is 0 Å². The van der Waals surface area contributed by atoms with Crippen molar-refractivity contribution < 1.29 is 14.3 Å². The van der Waals surface area contributed by atoms with Gasteiger partial charge < -0.3 is 14.8 Å². The van der Waals surface area contributed by atoms with E-state index >= 15 is 0 Å². The molecule has 1 aromatic heterocycles. The first-order valence-corrected chi connectivity index (χ1v) is 12.8. The fraction of sp³-hybridized carbons (Fsp3) is 0.423. The van der Waals surface area contributed by atoms with E-state index in [9.17, 15) is 4.79 Å². The van der Waals surface area contributed by atoms with Crippen LogP contribution < -0.4 is 14.8 Å². The van der Waals surface area contributed by atoms with Crippen molar-refractivity contribution in [2.75, 3.05) is 25.5 Å². The van der Waals surface area contributed by atoms with Crippen LogP contribution in [0.25, 0.3) is 5.69 Å². The van der Waals surface area contributed by atoms with Gasteiger partial charge in [-0.15, -0.1) is 10.2 Å². The number of aryl methyl sites for hydroxylation is 2. The lowest BCUT2D eigenvalue weighted by Crippen LogP contribution is -2.39. The first-order valence-electron chi connectivity index (χ1n) is 11.8. The van der Waals surface area contributed by atoms with Crippen LogP contribution in [0.4, 0.5) is 0 Å². The van der Waals surface area contributed by atoms with E-state index in [0.29, 0.717) is 30.7 Å². The minimum absolute atomic E-state index is 0.00320. The summed E-state index contributed by atoms with van der Waals surface area (Å²) in [5.74, 6) is 1.91. The van der Waals surface area contributed by atoms with Gasteiger partial charge >= 0.3 is 0 Å². The third kappa shape index (κ3) is 4.64. The van der Waals surface area contributed by atoms with Crippen molar-refractivity contribution in [1.82, 2.24) is 20.1 Å². The van der Waals surface area contributed by atoms with Gasteiger partial charge in [-0.25, -0.2) is 0 Å². The zero-order chi connectivity index (χ0) is 23.5. The van der Waals surface area contributed by atoms with E-state index < -0.39 is 0 Å². The van der Waals surface area contributed by atoms with Gasteiger partial charge in [0, 0.05) is 17.6 Å². The van der Waals surface area contributed by atoms with Crippen molar-refractivity contribution >= 4 is 17.7 Å².